The fourth-order valence-electron chi connectivity index (χ4n) is 0.896. The van der Waals surface area contributed by atoms with Gasteiger partial charge in [0, 0.05) is 0 Å². The molecule has 0 fully saturated rings. The van der Waals surface area contributed by atoms with Crippen molar-refractivity contribution in [1.29, 1.82) is 10.5 Å². The third-order valence-electron chi connectivity index (χ3n) is 1.61. The summed E-state index contributed by atoms with van der Waals surface area (Å²) in [5.41, 5.74) is 0.141. The molecule has 0 saturated heterocycles. The van der Waals surface area contributed by atoms with Crippen LogP contribution in [0.5, 0.6) is 0 Å². The van der Waals surface area contributed by atoms with Crippen molar-refractivity contribution in [2.75, 3.05) is 0 Å². The van der Waals surface area contributed by atoms with Gasteiger partial charge in [0.15, 0.2) is 0 Å². The summed E-state index contributed by atoms with van der Waals surface area (Å²) in [6.07, 6.45) is -3.16. The summed E-state index contributed by atoms with van der Waals surface area (Å²) in [6.45, 7) is 0. The van der Waals surface area contributed by atoms with E-state index in [1.54, 1.807) is 18.2 Å². The molecule has 0 heterocycles. The van der Waals surface area contributed by atoms with Crippen LogP contribution in [0.3, 0.4) is 0 Å². The first-order valence-corrected chi connectivity index (χ1v) is 3.44. The number of halogens is 1. The number of hydrogen-bond acceptors (Lipinski definition) is 2. The van der Waals surface area contributed by atoms with Crippen molar-refractivity contribution in [3.05, 3.63) is 30.3 Å². The third-order valence-corrected chi connectivity index (χ3v) is 1.61. The molecular formula is C8H5BFN2Rb. The summed E-state index contributed by atoms with van der Waals surface area (Å²) in [7, 11) is 0. The van der Waals surface area contributed by atoms with Gasteiger partial charge in [0.2, 0.25) is 0 Å². The van der Waals surface area contributed by atoms with E-state index in [0.29, 0.717) is 0 Å². The average Bonchev–Trinajstić information content (AvgIpc) is 2.18. The molecule has 0 aromatic heterocycles. The molecule has 0 aliphatic carbocycles. The van der Waals surface area contributed by atoms with E-state index >= 15 is 0 Å². The molecule has 1 aromatic carbocycles. The van der Waals surface area contributed by atoms with Crippen molar-refractivity contribution < 1.29 is 62.5 Å². The largest absolute Gasteiger partial charge is 1.00 e. The van der Waals surface area contributed by atoms with Crippen molar-refractivity contribution >= 4 is 11.9 Å². The van der Waals surface area contributed by atoms with E-state index < -0.39 is 6.42 Å². The maximum absolute atomic E-state index is 13.3. The fraction of sp³-hybridized carbons (Fsp3) is 0. The van der Waals surface area contributed by atoms with Gasteiger partial charge in [0.25, 0.3) is 0 Å². The second kappa shape index (κ2) is 5.67. The van der Waals surface area contributed by atoms with Crippen LogP contribution < -0.4 is 63.7 Å². The molecule has 0 aliphatic rings. The Morgan fingerprint density at radius 3 is 1.92 bits per heavy atom. The standard InChI is InChI=1S/C8H5BFN2.Rb/c10-9(6-11,7-12)8-4-2-1-3-5-8;/h1-5H;/q-1;+1. The molecule has 0 radical (unpaired) electrons. The predicted molar refractivity (Wildman–Crippen MR) is 44.2 cm³/mol. The van der Waals surface area contributed by atoms with Gasteiger partial charge in [-0.05, 0) is 0 Å². The van der Waals surface area contributed by atoms with E-state index in [2.05, 4.69) is 0 Å². The van der Waals surface area contributed by atoms with E-state index in [0.717, 1.165) is 0 Å². The number of nitrogens with zero attached hydrogens (tertiary/aromatic N) is 2. The summed E-state index contributed by atoms with van der Waals surface area (Å²) >= 11 is 0. The predicted octanol–water partition coefficient (Wildman–Crippen LogP) is -2.06. The molecule has 2 nitrogen and oxygen atoms in total. The van der Waals surface area contributed by atoms with Gasteiger partial charge in [0.05, 0.1) is 0 Å². The first kappa shape index (κ1) is 13.0. The SMILES string of the molecule is N#C[B-](F)(C#N)c1ccccc1.[Rb+]. The Kier molecular flexibility index (Phi) is 5.67. The summed E-state index contributed by atoms with van der Waals surface area (Å²) in [5.74, 6) is 2.76. The smallest absolute Gasteiger partial charge is 0.476 e. The molecular weight excluding hydrogens is 239 g/mol. The van der Waals surface area contributed by atoms with Crippen LogP contribution >= 0.6 is 0 Å². The zero-order valence-electron chi connectivity index (χ0n) is 7.24. The number of rotatable bonds is 1. The van der Waals surface area contributed by atoms with Crippen LogP contribution in [0.2, 0.25) is 0 Å². The minimum Gasteiger partial charge on any atom is -0.476 e. The molecule has 0 amide bonds. The molecule has 5 heteroatoms. The van der Waals surface area contributed by atoms with Crippen LogP contribution in [-0.4, -0.2) is 6.42 Å². The van der Waals surface area contributed by atoms with Crippen LogP contribution in [0.4, 0.5) is 4.32 Å². The van der Waals surface area contributed by atoms with Gasteiger partial charge in [-0.25, -0.2) is 10.5 Å². The molecule has 0 unspecified atom stereocenters. The van der Waals surface area contributed by atoms with Gasteiger partial charge in [-0.15, -0.1) is 5.46 Å². The minimum atomic E-state index is -3.16. The maximum atomic E-state index is 13.3. The molecule has 0 aliphatic heterocycles. The van der Waals surface area contributed by atoms with Crippen molar-refractivity contribution in [3.8, 4) is 11.9 Å². The Hall–Kier alpha value is 0.000130. The van der Waals surface area contributed by atoms with Crippen molar-refractivity contribution in [3.63, 3.8) is 0 Å². The van der Waals surface area contributed by atoms with Crippen LogP contribution in [0.15, 0.2) is 30.3 Å². The Labute approximate surface area is 125 Å². The summed E-state index contributed by atoms with van der Waals surface area (Å²) in [4.78, 5) is 0. The second-order valence-electron chi connectivity index (χ2n) is 2.43. The van der Waals surface area contributed by atoms with E-state index in [-0.39, 0.29) is 63.7 Å². The molecule has 0 bridgehead atoms. The molecule has 0 N–H and O–H groups in total. The van der Waals surface area contributed by atoms with Crippen LogP contribution in [0.25, 0.3) is 0 Å². The van der Waals surface area contributed by atoms with Crippen LogP contribution in [0.1, 0.15) is 0 Å². The molecule has 1 aromatic rings. The first-order chi connectivity index (χ1) is 5.73. The van der Waals surface area contributed by atoms with E-state index in [4.69, 9.17) is 10.5 Å². The van der Waals surface area contributed by atoms with Gasteiger partial charge in [-0.1, -0.05) is 42.3 Å². The Bertz CT molecular complexity index is 341. The molecule has 0 spiro atoms. The molecule has 1 rings (SSSR count). The molecule has 58 valence electrons. The monoisotopic (exact) mass is 244 g/mol. The number of nitriles is 2. The number of benzene rings is 1. The zero-order valence-corrected chi connectivity index (χ0v) is 12.2. The van der Waals surface area contributed by atoms with E-state index in [1.165, 1.54) is 24.1 Å². The van der Waals surface area contributed by atoms with Gasteiger partial charge in [-0.3, -0.25) is 0 Å². The van der Waals surface area contributed by atoms with Crippen molar-refractivity contribution in [2.45, 2.75) is 0 Å². The van der Waals surface area contributed by atoms with Crippen molar-refractivity contribution in [1.82, 2.24) is 0 Å². The van der Waals surface area contributed by atoms with Crippen LogP contribution in [-0.2, 0) is 0 Å². The zero-order chi connectivity index (χ0) is 9.03. The van der Waals surface area contributed by atoms with Gasteiger partial charge in [0.1, 0.15) is 0 Å². The summed E-state index contributed by atoms with van der Waals surface area (Å²) in [6, 6.07) is 7.77. The summed E-state index contributed by atoms with van der Waals surface area (Å²) < 4.78 is 13.3. The third kappa shape index (κ3) is 3.00. The van der Waals surface area contributed by atoms with Crippen molar-refractivity contribution in [2.24, 2.45) is 0 Å². The fourth-order valence-corrected chi connectivity index (χ4v) is 0.896. The van der Waals surface area contributed by atoms with Crippen LogP contribution in [0, 0.1) is 22.5 Å². The topological polar surface area (TPSA) is 47.6 Å². The molecule has 0 saturated carbocycles. The average molecular weight is 244 g/mol. The quantitative estimate of drug-likeness (QED) is 0.533. The van der Waals surface area contributed by atoms with E-state index in [1.807, 2.05) is 0 Å². The first-order valence-electron chi connectivity index (χ1n) is 3.44. The van der Waals surface area contributed by atoms with Gasteiger partial charge in [-0.2, -0.15) is 0 Å². The van der Waals surface area contributed by atoms with Gasteiger partial charge < -0.3 is 4.32 Å². The maximum Gasteiger partial charge on any atom is 1.00 e. The normalized spacial score (nSPS) is 9.15. The van der Waals surface area contributed by atoms with E-state index in [9.17, 15) is 4.32 Å². The van der Waals surface area contributed by atoms with Gasteiger partial charge >= 0.3 is 64.6 Å². The Balaban J connectivity index is 0.00000144. The summed E-state index contributed by atoms with van der Waals surface area (Å²) in [5, 5.41) is 16.8. The number of hydrogen-bond donors (Lipinski definition) is 0. The Morgan fingerprint density at radius 2 is 1.54 bits per heavy atom. The Morgan fingerprint density at radius 1 is 1.08 bits per heavy atom. The molecule has 0 atom stereocenters. The minimum absolute atomic E-state index is 0. The second-order valence-corrected chi connectivity index (χ2v) is 2.43. The molecule has 13 heavy (non-hydrogen) atoms.